The Morgan fingerprint density at radius 2 is 0.686 bits per heavy atom. The number of hydrogen-bond acceptors (Lipinski definition) is 13. The Morgan fingerprint density at radius 1 is 0.314 bits per heavy atom. The molecule has 3 aliphatic rings. The van der Waals surface area contributed by atoms with Gasteiger partial charge in [-0.15, -0.1) is 59.8 Å². The van der Waals surface area contributed by atoms with Crippen molar-refractivity contribution >= 4 is 58.3 Å². The molecule has 0 radical (unpaired) electrons. The van der Waals surface area contributed by atoms with Crippen molar-refractivity contribution in [2.75, 3.05) is 6.16 Å². The van der Waals surface area contributed by atoms with E-state index in [1.807, 2.05) is 208 Å². The van der Waals surface area contributed by atoms with E-state index in [1.54, 1.807) is 36.5 Å². The zero-order valence-corrected chi connectivity index (χ0v) is 86.5. The van der Waals surface area contributed by atoms with Crippen LogP contribution in [0.1, 0.15) is 119 Å². The fourth-order valence-corrected chi connectivity index (χ4v) is 39.1. The summed E-state index contributed by atoms with van der Waals surface area (Å²) < 4.78 is 17.1. The molecule has 4 N–H and O–H groups in total. The smallest absolute Gasteiger partial charge is 0 e. The van der Waals surface area contributed by atoms with Crippen LogP contribution in [0.4, 0.5) is 0 Å². The maximum Gasteiger partial charge on any atom is 0 e. The molecule has 8 aromatic heterocycles. The number of para-hydroxylation sites is 4. The van der Waals surface area contributed by atoms with E-state index < -0.39 is 28.5 Å². The minimum absolute atomic E-state index is 0. The van der Waals surface area contributed by atoms with Crippen molar-refractivity contribution < 1.29 is 91.0 Å². The van der Waals surface area contributed by atoms with Crippen molar-refractivity contribution in [3.63, 3.8) is 0 Å². The summed E-state index contributed by atoms with van der Waals surface area (Å²) in [7, 11) is -4.67. The third kappa shape index (κ3) is 21.2. The first-order chi connectivity index (χ1) is 64.5. The standard InChI is InChI=1S/C36H35N2O.C28H27GeN2O.C28H27N2OSi.C25H20N2O2P.4Ni/c1-35(2,3)28-21-25(22-29(23-28)36(4,5)6)24-18-26(31-13-9-10-17-37-31)20-27(19-24)32-14-11-15-33(38-32)30-12-7-8-16-34(30)39;1-3-16-29(17-4-2)23-13-12-20(25-10-7-8-18-30-25)19-22(23)28-24(29)14-15-26(31-28)21-9-5-6-11-27(21)32;1-3-17-32(18-4-2)26-14-12-20(23-10-7-8-16-29-23)19-22(26)28-27(32)15-13-24(30-28)21-9-5-6-11-25(21)31;1-2-15-30(29)23-12-10-17(20-8-5-6-14-26-20)16-19(23)25-24(30)13-11-21(27-25)18-7-3-4-9-22(18)28;;;;/h7-19,21-23,39H,1-6H3;5-15,18,32H,3-4,16-17H2,1-2H3;5-16,31H,3-4,17-18H2,1-2H3;3-14,28H,2,15H2,1H3;;;;/q4*-1;;;;. The molecule has 9 aromatic carbocycles. The summed E-state index contributed by atoms with van der Waals surface area (Å²) in [6.45, 7) is 24.8. The number of fused-ring (bicyclic) bond motifs is 9. The molecule has 3 aliphatic heterocycles. The van der Waals surface area contributed by atoms with E-state index in [0.29, 0.717) is 34.4 Å². The van der Waals surface area contributed by atoms with Crippen LogP contribution in [0.25, 0.3) is 146 Å². The van der Waals surface area contributed by atoms with E-state index in [9.17, 15) is 25.0 Å². The Labute approximate surface area is 850 Å². The van der Waals surface area contributed by atoms with Crippen LogP contribution < -0.4 is 29.8 Å². The molecule has 13 nitrogen and oxygen atoms in total. The van der Waals surface area contributed by atoms with Gasteiger partial charge >= 0.3 is 193 Å². The number of hydrogen-bond donors (Lipinski definition) is 4. The molecule has 20 rings (SSSR count). The molecular formula is C117H109GeN8Ni4O5PSi-4. The Hall–Kier alpha value is -11.7. The molecule has 0 bridgehead atoms. The zero-order chi connectivity index (χ0) is 92.8. The average molecular weight is 2070 g/mol. The SMILES string of the molecule is CC(C)(C)c1cc(-c2cc(-c3ccccn3)[c-]c(-c3cccc(-c4ccccc4O)n3)c2)cc(C(C)(C)C)c1.CCCP1(=O)c2ccc(-c3ccccn3)[c-]c2-c2nc(-c3ccccc3O)ccc21.CCC[Si]1(CCC)c2ccc(-c3ccccn3)[c-]c2-c2nc(-c3ccccc3O)ccc21.CC[CH2][Ge]1([CH2]CC)[c]2ccc(-c3ccccn3)[c-]c2-c2nc(-c3ccccc3O)cc[c]21.[Ni].[Ni].[Ni].[Ni]. The summed E-state index contributed by atoms with van der Waals surface area (Å²) in [4.78, 5) is 38.2. The van der Waals surface area contributed by atoms with Crippen LogP contribution in [0.15, 0.2) is 316 Å². The minimum atomic E-state index is -2.76. The molecule has 0 amide bonds. The Morgan fingerprint density at radius 3 is 1.15 bits per heavy atom. The number of nitrogens with zero attached hydrogens (tertiary/aromatic N) is 8. The van der Waals surface area contributed by atoms with Crippen LogP contribution >= 0.6 is 7.14 Å². The van der Waals surface area contributed by atoms with Crippen LogP contribution in [0.2, 0.25) is 22.6 Å². The van der Waals surface area contributed by atoms with E-state index in [4.69, 9.17) is 19.9 Å². The van der Waals surface area contributed by atoms with Crippen molar-refractivity contribution in [2.24, 2.45) is 0 Å². The molecule has 0 spiro atoms. The molecule has 137 heavy (non-hydrogen) atoms. The normalized spacial score (nSPS) is 13.4. The van der Waals surface area contributed by atoms with Gasteiger partial charge in [-0.1, -0.05) is 247 Å². The number of aromatic hydroxyl groups is 4. The largest absolute Gasteiger partial charge is 0 e. The maximum absolute atomic E-state index is 14.1. The van der Waals surface area contributed by atoms with Crippen molar-refractivity contribution in [3.05, 3.63) is 351 Å². The fourth-order valence-electron chi connectivity index (χ4n) is 19.3. The van der Waals surface area contributed by atoms with Gasteiger partial charge < -0.3 is 19.9 Å². The monoisotopic (exact) mass is 2070 g/mol. The number of benzene rings is 9. The van der Waals surface area contributed by atoms with Gasteiger partial charge in [0.1, 0.15) is 24.4 Å². The number of rotatable bonds is 20. The van der Waals surface area contributed by atoms with Crippen molar-refractivity contribution in [3.8, 4) is 169 Å². The second-order valence-corrected chi connectivity index (χ2v) is 52.7. The van der Waals surface area contributed by atoms with Gasteiger partial charge in [-0.05, 0) is 112 Å². The van der Waals surface area contributed by atoms with Gasteiger partial charge in [0, 0.05) is 147 Å². The summed E-state index contributed by atoms with van der Waals surface area (Å²) in [6, 6.07) is 113. The first-order valence-corrected chi connectivity index (χ1v) is 55.7. The second-order valence-electron chi connectivity index (χ2n) is 36.7. The molecule has 1 atom stereocenters. The number of phenols is 4. The molecule has 0 saturated carbocycles. The first-order valence-electron chi connectivity index (χ1n) is 46.3. The summed E-state index contributed by atoms with van der Waals surface area (Å²) in [5.41, 5.74) is 25.6. The van der Waals surface area contributed by atoms with Gasteiger partial charge in [0.25, 0.3) is 0 Å². The number of aromatic nitrogens is 8. The molecule has 0 fully saturated rings. The number of phenolic OH excluding ortho intramolecular Hbond substituents is 4. The number of pyridine rings is 8. The van der Waals surface area contributed by atoms with Crippen molar-refractivity contribution in [1.29, 1.82) is 0 Å². The topological polar surface area (TPSA) is 201 Å². The quantitative estimate of drug-likeness (QED) is 0.0319. The van der Waals surface area contributed by atoms with E-state index in [1.165, 1.54) is 65.7 Å². The zero-order valence-electron chi connectivity index (χ0n) is 78.6. The second kappa shape index (κ2) is 44.4. The fraction of sp³-hybridized carbons (Fsp3) is 0.197. The van der Waals surface area contributed by atoms with Crippen LogP contribution in [0.5, 0.6) is 23.0 Å². The van der Waals surface area contributed by atoms with Gasteiger partial charge in [-0.3, -0.25) is 29.9 Å². The molecule has 0 saturated heterocycles. The predicted molar refractivity (Wildman–Crippen MR) is 551 cm³/mol. The molecule has 17 aromatic rings. The van der Waals surface area contributed by atoms with Crippen LogP contribution in [-0.2, 0) is 81.4 Å². The van der Waals surface area contributed by atoms with Crippen LogP contribution in [-0.4, -0.2) is 87.8 Å². The minimum Gasteiger partial charge on any atom is 0 e. The van der Waals surface area contributed by atoms with Crippen LogP contribution in [0, 0.1) is 24.3 Å². The van der Waals surface area contributed by atoms with Gasteiger partial charge in [-0.2, -0.15) is 0 Å². The summed E-state index contributed by atoms with van der Waals surface area (Å²) in [5.74, 6) is 0.906. The summed E-state index contributed by atoms with van der Waals surface area (Å²) in [6.07, 6.45) is 13.3. The molecule has 20 heteroatoms. The summed E-state index contributed by atoms with van der Waals surface area (Å²) in [5, 5.41) is 48.6. The predicted octanol–water partition coefficient (Wildman–Crippen LogP) is 25.6. The maximum atomic E-state index is 14.1. The van der Waals surface area contributed by atoms with Gasteiger partial charge in [0.2, 0.25) is 0 Å². The molecule has 0 aliphatic carbocycles. The summed E-state index contributed by atoms with van der Waals surface area (Å²) >= 11 is -2.57. The van der Waals surface area contributed by atoms with E-state index in [-0.39, 0.29) is 99.8 Å². The van der Waals surface area contributed by atoms with E-state index >= 15 is 0 Å². The Bertz CT molecular complexity index is 6950. The van der Waals surface area contributed by atoms with E-state index in [2.05, 4.69) is 192 Å². The third-order valence-corrected chi connectivity index (χ3v) is 46.3. The Kier molecular flexibility index (Phi) is 33.3. The Balaban J connectivity index is 0.000000153. The molecular weight excluding hydrogens is 1960 g/mol. The molecule has 704 valence electrons. The third-order valence-electron chi connectivity index (χ3n) is 25.7. The van der Waals surface area contributed by atoms with Crippen LogP contribution in [0.3, 0.4) is 0 Å². The van der Waals surface area contributed by atoms with E-state index in [0.717, 1.165) is 148 Å². The molecule has 1 unspecified atom stereocenters. The van der Waals surface area contributed by atoms with Crippen molar-refractivity contribution in [1.82, 2.24) is 39.9 Å². The van der Waals surface area contributed by atoms with Crippen molar-refractivity contribution in [2.45, 2.75) is 142 Å². The van der Waals surface area contributed by atoms with Gasteiger partial charge in [-0.25, -0.2) is 0 Å². The van der Waals surface area contributed by atoms with Gasteiger partial charge in [0.05, 0.1) is 25.2 Å². The molecule has 11 heterocycles. The first kappa shape index (κ1) is 103. The average Bonchev–Trinajstić information content (AvgIpc) is 1.57. The van der Waals surface area contributed by atoms with Gasteiger partial charge in [0.15, 0.2) is 0 Å².